The molecule has 0 saturated carbocycles. The summed E-state index contributed by atoms with van der Waals surface area (Å²) < 4.78 is 4.88. The molecule has 0 aliphatic carbocycles. The summed E-state index contributed by atoms with van der Waals surface area (Å²) in [5, 5.41) is 0. The summed E-state index contributed by atoms with van der Waals surface area (Å²) in [6, 6.07) is 15.4. The lowest BCUT2D eigenvalue weighted by molar-refractivity contribution is 0.0601. The highest BCUT2D eigenvalue weighted by Gasteiger charge is 2.14. The van der Waals surface area contributed by atoms with Crippen LogP contribution in [0.4, 0.5) is 0 Å². The molecule has 0 N–H and O–H groups in total. The Labute approximate surface area is 132 Å². The number of ether oxygens (including phenoxy) is 1. The SMILES string of the molecule is CCCCC#Cc1ccccc1-c1ccccc1C(=O)OC. The van der Waals surface area contributed by atoms with E-state index in [-0.39, 0.29) is 5.97 Å². The van der Waals surface area contributed by atoms with E-state index in [0.29, 0.717) is 5.56 Å². The van der Waals surface area contributed by atoms with Gasteiger partial charge in [0.1, 0.15) is 0 Å². The van der Waals surface area contributed by atoms with Crippen LogP contribution in [0.25, 0.3) is 11.1 Å². The molecule has 0 aliphatic rings. The lowest BCUT2D eigenvalue weighted by atomic mass is 9.95. The molecule has 0 amide bonds. The van der Waals surface area contributed by atoms with Gasteiger partial charge in [-0.25, -0.2) is 4.79 Å². The molecule has 0 aliphatic heterocycles. The van der Waals surface area contributed by atoms with E-state index in [0.717, 1.165) is 36.0 Å². The Morgan fingerprint density at radius 3 is 2.45 bits per heavy atom. The zero-order valence-electron chi connectivity index (χ0n) is 13.1. The summed E-state index contributed by atoms with van der Waals surface area (Å²) in [5.41, 5.74) is 3.32. The predicted octanol–water partition coefficient (Wildman–Crippen LogP) is 4.68. The van der Waals surface area contributed by atoms with Gasteiger partial charge in [0.15, 0.2) is 0 Å². The van der Waals surface area contributed by atoms with Crippen LogP contribution < -0.4 is 0 Å². The van der Waals surface area contributed by atoms with Crippen molar-refractivity contribution in [2.75, 3.05) is 7.11 Å². The molecule has 0 heterocycles. The highest BCUT2D eigenvalue weighted by molar-refractivity contribution is 5.98. The molecule has 22 heavy (non-hydrogen) atoms. The Balaban J connectivity index is 2.45. The van der Waals surface area contributed by atoms with E-state index in [9.17, 15) is 4.79 Å². The molecule has 2 heteroatoms. The number of carbonyl (C=O) groups excluding carboxylic acids is 1. The molecule has 0 atom stereocenters. The Morgan fingerprint density at radius 2 is 1.73 bits per heavy atom. The first-order valence-corrected chi connectivity index (χ1v) is 7.53. The highest BCUT2D eigenvalue weighted by Crippen LogP contribution is 2.27. The van der Waals surface area contributed by atoms with Crippen LogP contribution in [0.2, 0.25) is 0 Å². The van der Waals surface area contributed by atoms with E-state index in [2.05, 4.69) is 18.8 Å². The summed E-state index contributed by atoms with van der Waals surface area (Å²) in [6.45, 7) is 2.15. The number of methoxy groups -OCH3 is 1. The number of hydrogen-bond acceptors (Lipinski definition) is 2. The largest absolute Gasteiger partial charge is 0.465 e. The summed E-state index contributed by atoms with van der Waals surface area (Å²) in [5.74, 6) is 6.11. The fourth-order valence-electron chi connectivity index (χ4n) is 2.26. The van der Waals surface area contributed by atoms with Gasteiger partial charge in [-0.1, -0.05) is 61.6 Å². The number of unbranched alkanes of at least 4 members (excludes halogenated alkanes) is 2. The molecule has 0 saturated heterocycles. The molecule has 0 fully saturated rings. The number of esters is 1. The molecular formula is C20H20O2. The Kier molecular flexibility index (Phi) is 5.80. The van der Waals surface area contributed by atoms with Crippen LogP contribution in [0.15, 0.2) is 48.5 Å². The van der Waals surface area contributed by atoms with Gasteiger partial charge in [0.05, 0.1) is 12.7 Å². The number of rotatable bonds is 4. The first-order valence-electron chi connectivity index (χ1n) is 7.53. The van der Waals surface area contributed by atoms with Gasteiger partial charge in [0.25, 0.3) is 0 Å². The minimum absolute atomic E-state index is 0.329. The molecule has 0 spiro atoms. The van der Waals surface area contributed by atoms with E-state index in [4.69, 9.17) is 4.74 Å². The third-order valence-electron chi connectivity index (χ3n) is 3.43. The average Bonchev–Trinajstić information content (AvgIpc) is 2.58. The summed E-state index contributed by atoms with van der Waals surface area (Å²) in [6.07, 6.45) is 3.14. The number of benzene rings is 2. The van der Waals surface area contributed by atoms with Gasteiger partial charge in [-0.2, -0.15) is 0 Å². The van der Waals surface area contributed by atoms with E-state index < -0.39 is 0 Å². The fraction of sp³-hybridized carbons (Fsp3) is 0.250. The Morgan fingerprint density at radius 1 is 1.05 bits per heavy atom. The minimum Gasteiger partial charge on any atom is -0.465 e. The second-order valence-corrected chi connectivity index (χ2v) is 4.99. The molecule has 0 radical (unpaired) electrons. The molecule has 2 rings (SSSR count). The van der Waals surface area contributed by atoms with Crippen molar-refractivity contribution in [3.63, 3.8) is 0 Å². The van der Waals surface area contributed by atoms with E-state index in [1.165, 1.54) is 7.11 Å². The number of hydrogen-bond donors (Lipinski definition) is 0. The number of carbonyl (C=O) groups is 1. The molecular weight excluding hydrogens is 272 g/mol. The van der Waals surface area contributed by atoms with Crippen molar-refractivity contribution < 1.29 is 9.53 Å². The van der Waals surface area contributed by atoms with Gasteiger partial charge in [-0.05, 0) is 29.7 Å². The Hall–Kier alpha value is -2.53. The van der Waals surface area contributed by atoms with E-state index in [1.54, 1.807) is 6.07 Å². The van der Waals surface area contributed by atoms with Crippen molar-refractivity contribution in [2.45, 2.75) is 26.2 Å². The second kappa shape index (κ2) is 8.05. The molecule has 2 nitrogen and oxygen atoms in total. The molecule has 0 bridgehead atoms. The van der Waals surface area contributed by atoms with E-state index >= 15 is 0 Å². The lowest BCUT2D eigenvalue weighted by Gasteiger charge is -2.09. The van der Waals surface area contributed by atoms with Gasteiger partial charge in [-0.3, -0.25) is 0 Å². The third kappa shape index (κ3) is 3.77. The van der Waals surface area contributed by atoms with Crippen LogP contribution in [-0.4, -0.2) is 13.1 Å². The van der Waals surface area contributed by atoms with Crippen LogP contribution in [0.5, 0.6) is 0 Å². The highest BCUT2D eigenvalue weighted by atomic mass is 16.5. The van der Waals surface area contributed by atoms with Crippen LogP contribution >= 0.6 is 0 Å². The fourth-order valence-corrected chi connectivity index (χ4v) is 2.26. The molecule has 0 unspecified atom stereocenters. The normalized spacial score (nSPS) is 9.73. The maximum Gasteiger partial charge on any atom is 0.338 e. The van der Waals surface area contributed by atoms with Gasteiger partial charge < -0.3 is 4.74 Å². The van der Waals surface area contributed by atoms with Crippen molar-refractivity contribution >= 4 is 5.97 Å². The van der Waals surface area contributed by atoms with Crippen molar-refractivity contribution in [2.24, 2.45) is 0 Å². The van der Waals surface area contributed by atoms with Crippen LogP contribution in [0.3, 0.4) is 0 Å². The van der Waals surface area contributed by atoms with Gasteiger partial charge in [0.2, 0.25) is 0 Å². The van der Waals surface area contributed by atoms with Crippen molar-refractivity contribution in [3.8, 4) is 23.0 Å². The average molecular weight is 292 g/mol. The topological polar surface area (TPSA) is 26.3 Å². The molecule has 112 valence electrons. The minimum atomic E-state index is -0.329. The zero-order valence-corrected chi connectivity index (χ0v) is 13.1. The van der Waals surface area contributed by atoms with E-state index in [1.807, 2.05) is 42.5 Å². The standard InChI is InChI=1S/C20H20O2/c1-3-4-5-6-11-16-12-7-8-13-17(16)18-14-9-10-15-19(18)20(21)22-2/h7-10,12-15H,3-5H2,1-2H3. The van der Waals surface area contributed by atoms with Gasteiger partial charge in [0, 0.05) is 12.0 Å². The van der Waals surface area contributed by atoms with Crippen molar-refractivity contribution in [1.82, 2.24) is 0 Å². The lowest BCUT2D eigenvalue weighted by Crippen LogP contribution is -2.03. The Bertz CT molecular complexity index is 705. The summed E-state index contributed by atoms with van der Waals surface area (Å²) >= 11 is 0. The first kappa shape index (κ1) is 15.9. The van der Waals surface area contributed by atoms with Crippen LogP contribution in [0, 0.1) is 11.8 Å². The predicted molar refractivity (Wildman–Crippen MR) is 89.6 cm³/mol. The molecule has 0 aromatic heterocycles. The smallest absolute Gasteiger partial charge is 0.338 e. The maximum absolute atomic E-state index is 12.0. The van der Waals surface area contributed by atoms with Gasteiger partial charge >= 0.3 is 5.97 Å². The quantitative estimate of drug-likeness (QED) is 0.464. The van der Waals surface area contributed by atoms with Crippen molar-refractivity contribution in [1.29, 1.82) is 0 Å². The first-order chi connectivity index (χ1) is 10.8. The van der Waals surface area contributed by atoms with Crippen LogP contribution in [-0.2, 0) is 4.74 Å². The summed E-state index contributed by atoms with van der Waals surface area (Å²) in [4.78, 5) is 12.0. The molecule has 2 aromatic rings. The van der Waals surface area contributed by atoms with Crippen molar-refractivity contribution in [3.05, 3.63) is 59.7 Å². The van der Waals surface area contributed by atoms with Crippen LogP contribution in [0.1, 0.15) is 42.1 Å². The zero-order chi connectivity index (χ0) is 15.8. The third-order valence-corrected chi connectivity index (χ3v) is 3.43. The monoisotopic (exact) mass is 292 g/mol. The summed E-state index contributed by atoms with van der Waals surface area (Å²) in [7, 11) is 1.40. The molecule has 2 aromatic carbocycles. The second-order valence-electron chi connectivity index (χ2n) is 4.99. The maximum atomic E-state index is 12.0. The van der Waals surface area contributed by atoms with Gasteiger partial charge in [-0.15, -0.1) is 0 Å².